The molecule has 116 valence electrons. The standard InChI is InChI=1S/C19H18N2O2/c1-2-15-4-3-5-17(14-15)21-19(22)11-8-16-6-9-18(10-7-16)23-13-12-20/h3-11,14H,2,13H2,1H3,(H,21,22)/b11-8+. The lowest BCUT2D eigenvalue weighted by Crippen LogP contribution is -2.07. The predicted octanol–water partition coefficient (Wildman–Crippen LogP) is 3.80. The van der Waals surface area contributed by atoms with Gasteiger partial charge in [-0.3, -0.25) is 4.79 Å². The number of aryl methyl sites for hydroxylation is 1. The third kappa shape index (κ3) is 5.33. The van der Waals surface area contributed by atoms with E-state index in [0.717, 1.165) is 17.7 Å². The SMILES string of the molecule is CCc1cccc(NC(=O)/C=C/c2ccc(OCC#N)cc2)c1. The van der Waals surface area contributed by atoms with Gasteiger partial charge < -0.3 is 10.1 Å². The highest BCUT2D eigenvalue weighted by atomic mass is 16.5. The molecule has 2 aromatic rings. The third-order valence-electron chi connectivity index (χ3n) is 3.21. The topological polar surface area (TPSA) is 62.1 Å². The molecular weight excluding hydrogens is 288 g/mol. The fourth-order valence-corrected chi connectivity index (χ4v) is 2.02. The molecule has 0 atom stereocenters. The van der Waals surface area contributed by atoms with Crippen LogP contribution in [0, 0.1) is 11.3 Å². The number of anilines is 1. The predicted molar refractivity (Wildman–Crippen MR) is 91.0 cm³/mol. The maximum absolute atomic E-state index is 11.9. The van der Waals surface area contributed by atoms with E-state index in [9.17, 15) is 4.79 Å². The molecule has 1 amide bonds. The largest absolute Gasteiger partial charge is 0.479 e. The maximum Gasteiger partial charge on any atom is 0.248 e. The number of carbonyl (C=O) groups is 1. The quantitative estimate of drug-likeness (QED) is 0.826. The van der Waals surface area contributed by atoms with Crippen molar-refractivity contribution in [2.75, 3.05) is 11.9 Å². The van der Waals surface area contributed by atoms with E-state index in [1.54, 1.807) is 18.2 Å². The van der Waals surface area contributed by atoms with Crippen LogP contribution < -0.4 is 10.1 Å². The van der Waals surface area contributed by atoms with E-state index in [0.29, 0.717) is 5.75 Å². The molecule has 23 heavy (non-hydrogen) atoms. The smallest absolute Gasteiger partial charge is 0.248 e. The van der Waals surface area contributed by atoms with Crippen molar-refractivity contribution in [2.24, 2.45) is 0 Å². The van der Waals surface area contributed by atoms with E-state index in [1.165, 1.54) is 11.6 Å². The van der Waals surface area contributed by atoms with Crippen LogP contribution in [0.2, 0.25) is 0 Å². The summed E-state index contributed by atoms with van der Waals surface area (Å²) in [6.45, 7) is 2.10. The monoisotopic (exact) mass is 306 g/mol. The zero-order valence-corrected chi connectivity index (χ0v) is 13.0. The second-order valence-corrected chi connectivity index (χ2v) is 4.89. The van der Waals surface area contributed by atoms with Gasteiger partial charge in [0, 0.05) is 11.8 Å². The highest BCUT2D eigenvalue weighted by molar-refractivity contribution is 6.01. The van der Waals surface area contributed by atoms with Crippen LogP contribution in [0.3, 0.4) is 0 Å². The first-order chi connectivity index (χ1) is 11.2. The normalized spacial score (nSPS) is 10.3. The van der Waals surface area contributed by atoms with Gasteiger partial charge in [-0.05, 0) is 47.9 Å². The molecule has 0 bridgehead atoms. The van der Waals surface area contributed by atoms with Crippen molar-refractivity contribution in [3.63, 3.8) is 0 Å². The summed E-state index contributed by atoms with van der Waals surface area (Å²) in [6.07, 6.45) is 4.15. The van der Waals surface area contributed by atoms with Crippen molar-refractivity contribution < 1.29 is 9.53 Å². The Morgan fingerprint density at radius 2 is 2.04 bits per heavy atom. The van der Waals surface area contributed by atoms with Gasteiger partial charge in [-0.1, -0.05) is 31.2 Å². The summed E-state index contributed by atoms with van der Waals surface area (Å²) in [6, 6.07) is 16.9. The lowest BCUT2D eigenvalue weighted by atomic mass is 10.1. The van der Waals surface area contributed by atoms with Gasteiger partial charge in [0.05, 0.1) is 0 Å². The number of rotatable bonds is 6. The van der Waals surface area contributed by atoms with Crippen molar-refractivity contribution in [1.82, 2.24) is 0 Å². The summed E-state index contributed by atoms with van der Waals surface area (Å²) in [5.41, 5.74) is 2.85. The molecule has 0 spiro atoms. The molecule has 0 saturated heterocycles. The molecule has 1 N–H and O–H groups in total. The number of carbonyl (C=O) groups excluding carboxylic acids is 1. The number of hydrogen-bond acceptors (Lipinski definition) is 3. The molecule has 0 saturated carbocycles. The zero-order chi connectivity index (χ0) is 16.5. The van der Waals surface area contributed by atoms with Crippen molar-refractivity contribution in [1.29, 1.82) is 5.26 Å². The van der Waals surface area contributed by atoms with Gasteiger partial charge in [0.1, 0.15) is 11.8 Å². The summed E-state index contributed by atoms with van der Waals surface area (Å²) < 4.78 is 5.17. The molecule has 0 aromatic heterocycles. The fraction of sp³-hybridized carbons (Fsp3) is 0.158. The Kier molecular flexibility index (Phi) is 5.96. The van der Waals surface area contributed by atoms with Crippen LogP contribution >= 0.6 is 0 Å². The second kappa shape index (κ2) is 8.40. The van der Waals surface area contributed by atoms with E-state index in [4.69, 9.17) is 10.00 Å². The number of hydrogen-bond donors (Lipinski definition) is 1. The molecule has 4 nitrogen and oxygen atoms in total. The van der Waals surface area contributed by atoms with Crippen LogP contribution in [-0.4, -0.2) is 12.5 Å². The number of nitriles is 1. The Morgan fingerprint density at radius 1 is 1.26 bits per heavy atom. The molecule has 0 aliphatic heterocycles. The number of benzene rings is 2. The van der Waals surface area contributed by atoms with Gasteiger partial charge in [-0.2, -0.15) is 5.26 Å². The second-order valence-electron chi connectivity index (χ2n) is 4.89. The summed E-state index contributed by atoms with van der Waals surface area (Å²) in [7, 11) is 0. The van der Waals surface area contributed by atoms with Gasteiger partial charge in [0.2, 0.25) is 5.91 Å². The number of nitrogens with one attached hydrogen (secondary N) is 1. The Balaban J connectivity index is 1.93. The Bertz CT molecular complexity index is 728. The van der Waals surface area contributed by atoms with Crippen molar-refractivity contribution in [3.8, 4) is 11.8 Å². The Labute approximate surface area is 136 Å². The van der Waals surface area contributed by atoms with Gasteiger partial charge >= 0.3 is 0 Å². The molecule has 0 aliphatic carbocycles. The van der Waals surface area contributed by atoms with E-state index >= 15 is 0 Å². The fourth-order valence-electron chi connectivity index (χ4n) is 2.02. The third-order valence-corrected chi connectivity index (χ3v) is 3.21. The van der Waals surface area contributed by atoms with Crippen LogP contribution in [-0.2, 0) is 11.2 Å². The van der Waals surface area contributed by atoms with Crippen LogP contribution in [0.1, 0.15) is 18.1 Å². The van der Waals surface area contributed by atoms with Gasteiger partial charge in [-0.25, -0.2) is 0 Å². The summed E-state index contributed by atoms with van der Waals surface area (Å²) in [4.78, 5) is 11.9. The molecule has 2 rings (SSSR count). The number of amides is 1. The molecule has 0 unspecified atom stereocenters. The average Bonchev–Trinajstić information content (AvgIpc) is 2.59. The van der Waals surface area contributed by atoms with Crippen LogP contribution in [0.15, 0.2) is 54.6 Å². The van der Waals surface area contributed by atoms with E-state index in [1.807, 2.05) is 42.5 Å². The number of ether oxygens (including phenoxy) is 1. The first kappa shape index (κ1) is 16.3. The minimum absolute atomic E-state index is 0.0222. The maximum atomic E-state index is 11.9. The van der Waals surface area contributed by atoms with Gasteiger partial charge in [-0.15, -0.1) is 0 Å². The van der Waals surface area contributed by atoms with E-state index < -0.39 is 0 Å². The van der Waals surface area contributed by atoms with E-state index in [2.05, 4.69) is 12.2 Å². The van der Waals surface area contributed by atoms with Gasteiger partial charge in [0.25, 0.3) is 0 Å². The zero-order valence-electron chi connectivity index (χ0n) is 13.0. The first-order valence-corrected chi connectivity index (χ1v) is 7.39. The highest BCUT2D eigenvalue weighted by Gasteiger charge is 1.99. The van der Waals surface area contributed by atoms with E-state index in [-0.39, 0.29) is 12.5 Å². The Hall–Kier alpha value is -3.06. The average molecular weight is 306 g/mol. The highest BCUT2D eigenvalue weighted by Crippen LogP contribution is 2.14. The molecule has 4 heteroatoms. The van der Waals surface area contributed by atoms with Crippen molar-refractivity contribution in [2.45, 2.75) is 13.3 Å². The van der Waals surface area contributed by atoms with Gasteiger partial charge in [0.15, 0.2) is 6.61 Å². The van der Waals surface area contributed by atoms with Crippen LogP contribution in [0.5, 0.6) is 5.75 Å². The van der Waals surface area contributed by atoms with Crippen molar-refractivity contribution >= 4 is 17.7 Å². The minimum atomic E-state index is -0.178. The van der Waals surface area contributed by atoms with Crippen LogP contribution in [0.4, 0.5) is 5.69 Å². The number of nitrogens with zero attached hydrogens (tertiary/aromatic N) is 1. The minimum Gasteiger partial charge on any atom is -0.479 e. The first-order valence-electron chi connectivity index (χ1n) is 7.39. The molecule has 0 aliphatic rings. The molecule has 0 heterocycles. The van der Waals surface area contributed by atoms with Crippen LogP contribution in [0.25, 0.3) is 6.08 Å². The summed E-state index contributed by atoms with van der Waals surface area (Å²) in [5, 5.41) is 11.3. The lowest BCUT2D eigenvalue weighted by molar-refractivity contribution is -0.111. The lowest BCUT2D eigenvalue weighted by Gasteiger charge is -2.04. The molecule has 0 radical (unpaired) electrons. The molecular formula is C19H18N2O2. The van der Waals surface area contributed by atoms with Crippen molar-refractivity contribution in [3.05, 3.63) is 65.7 Å². The Morgan fingerprint density at radius 3 is 2.74 bits per heavy atom. The summed E-state index contributed by atoms with van der Waals surface area (Å²) in [5.74, 6) is 0.451. The summed E-state index contributed by atoms with van der Waals surface area (Å²) >= 11 is 0. The molecule has 0 fully saturated rings. The molecule has 2 aromatic carbocycles.